The van der Waals surface area contributed by atoms with E-state index in [0.717, 1.165) is 42.3 Å². The molecule has 174 valence electrons. The molecule has 33 heavy (non-hydrogen) atoms. The fraction of sp³-hybridized carbons (Fsp3) is 0.478. The molecule has 10 heteroatoms. The van der Waals surface area contributed by atoms with Crippen molar-refractivity contribution in [1.82, 2.24) is 24.4 Å². The number of ether oxygens (including phenoxy) is 2. The van der Waals surface area contributed by atoms with Gasteiger partial charge in [0.2, 0.25) is 5.95 Å². The Hall–Kier alpha value is -3.08. The van der Waals surface area contributed by atoms with E-state index >= 15 is 0 Å². The lowest BCUT2D eigenvalue weighted by atomic mass is 10.2. The molecular weight excluding hydrogens is 424 g/mol. The van der Waals surface area contributed by atoms with Gasteiger partial charge in [-0.25, -0.2) is 9.97 Å². The molecule has 4 heterocycles. The minimum atomic E-state index is -0.598. The van der Waals surface area contributed by atoms with Gasteiger partial charge >= 0.3 is 0 Å². The van der Waals surface area contributed by atoms with Gasteiger partial charge in [0.1, 0.15) is 23.3 Å². The summed E-state index contributed by atoms with van der Waals surface area (Å²) in [6.07, 6.45) is 6.65. The molecule has 0 unspecified atom stereocenters. The molecular formula is C23H28N6O4. The Bertz CT molecular complexity index is 1130. The van der Waals surface area contributed by atoms with Crippen LogP contribution >= 0.6 is 0 Å². The molecule has 1 amide bonds. The van der Waals surface area contributed by atoms with Gasteiger partial charge in [0, 0.05) is 43.5 Å². The molecule has 1 saturated heterocycles. The van der Waals surface area contributed by atoms with Crippen molar-refractivity contribution in [1.29, 1.82) is 0 Å². The molecule has 0 bridgehead atoms. The van der Waals surface area contributed by atoms with Gasteiger partial charge in [0.15, 0.2) is 6.29 Å². The molecule has 1 aliphatic carbocycles. The Morgan fingerprint density at radius 3 is 2.58 bits per heavy atom. The van der Waals surface area contributed by atoms with Gasteiger partial charge in [0.25, 0.3) is 5.91 Å². The zero-order valence-corrected chi connectivity index (χ0v) is 18.8. The van der Waals surface area contributed by atoms with Gasteiger partial charge in [-0.15, -0.1) is 0 Å². The Morgan fingerprint density at radius 2 is 1.91 bits per heavy atom. The summed E-state index contributed by atoms with van der Waals surface area (Å²) in [7, 11) is 3.52. The van der Waals surface area contributed by atoms with Crippen molar-refractivity contribution >= 4 is 28.7 Å². The number of rotatable bonds is 5. The van der Waals surface area contributed by atoms with Gasteiger partial charge in [-0.3, -0.25) is 4.79 Å². The minimum Gasteiger partial charge on any atom is -0.388 e. The molecule has 1 aliphatic heterocycles. The largest absolute Gasteiger partial charge is 0.388 e. The zero-order chi connectivity index (χ0) is 22.9. The van der Waals surface area contributed by atoms with Crippen LogP contribution in [0.1, 0.15) is 54.1 Å². The number of fused-ring (bicyclic) bond motifs is 1. The summed E-state index contributed by atoms with van der Waals surface area (Å²) in [5.74, 6) is 0.959. The van der Waals surface area contributed by atoms with E-state index < -0.39 is 12.4 Å². The third kappa shape index (κ3) is 4.41. The lowest BCUT2D eigenvalue weighted by molar-refractivity contribution is -0.220. The second-order valence-corrected chi connectivity index (χ2v) is 8.76. The number of aliphatic hydroxyl groups is 1. The first-order chi connectivity index (χ1) is 16.0. The number of hydrogen-bond acceptors (Lipinski definition) is 8. The van der Waals surface area contributed by atoms with E-state index in [0.29, 0.717) is 17.5 Å². The van der Waals surface area contributed by atoms with E-state index in [1.165, 1.54) is 0 Å². The summed E-state index contributed by atoms with van der Waals surface area (Å²) in [5, 5.41) is 13.5. The molecule has 0 spiro atoms. The standard InChI is InChI=1S/C23H28N6O4/c1-28(2)21(31)18-9-15-11-25-23(27-20(15)29(18)16-5-3-4-6-16)26-19-8-7-14(10-24-19)22-32-12-17(30)13-33-22/h7-11,16-17,22,30H,3-6,12-13H2,1-2H3,(H,24,25,26,27). The predicted molar refractivity (Wildman–Crippen MR) is 121 cm³/mol. The second kappa shape index (κ2) is 9.05. The van der Waals surface area contributed by atoms with E-state index in [9.17, 15) is 9.90 Å². The maximum Gasteiger partial charge on any atom is 0.270 e. The maximum atomic E-state index is 12.8. The first kappa shape index (κ1) is 21.7. The van der Waals surface area contributed by atoms with Crippen molar-refractivity contribution in [2.75, 3.05) is 32.6 Å². The molecule has 2 N–H and O–H groups in total. The van der Waals surface area contributed by atoms with E-state index in [1.54, 1.807) is 37.5 Å². The fourth-order valence-electron chi connectivity index (χ4n) is 4.41. The predicted octanol–water partition coefficient (Wildman–Crippen LogP) is 2.79. The van der Waals surface area contributed by atoms with Crippen molar-refractivity contribution in [3.63, 3.8) is 0 Å². The third-order valence-corrected chi connectivity index (χ3v) is 6.07. The normalized spacial score (nSPS) is 21.4. The zero-order valence-electron chi connectivity index (χ0n) is 18.8. The Balaban J connectivity index is 1.41. The molecule has 0 radical (unpaired) electrons. The average Bonchev–Trinajstić information content (AvgIpc) is 3.47. The molecule has 0 aromatic carbocycles. The summed E-state index contributed by atoms with van der Waals surface area (Å²) >= 11 is 0. The van der Waals surface area contributed by atoms with Crippen LogP contribution in [0.25, 0.3) is 11.0 Å². The fourth-order valence-corrected chi connectivity index (χ4v) is 4.41. The monoisotopic (exact) mass is 452 g/mol. The Kier molecular flexibility index (Phi) is 5.96. The molecule has 1 saturated carbocycles. The summed E-state index contributed by atoms with van der Waals surface area (Å²) < 4.78 is 13.1. The van der Waals surface area contributed by atoms with Crippen LogP contribution in [-0.2, 0) is 9.47 Å². The highest BCUT2D eigenvalue weighted by Gasteiger charge is 2.26. The summed E-state index contributed by atoms with van der Waals surface area (Å²) in [6.45, 7) is 0.467. The number of nitrogens with zero attached hydrogens (tertiary/aromatic N) is 5. The Morgan fingerprint density at radius 1 is 1.15 bits per heavy atom. The molecule has 2 aliphatic rings. The number of aliphatic hydroxyl groups excluding tert-OH is 1. The van der Waals surface area contributed by atoms with Crippen LogP contribution in [0.3, 0.4) is 0 Å². The number of nitrogens with one attached hydrogen (secondary N) is 1. The van der Waals surface area contributed by atoms with Crippen molar-refractivity contribution < 1.29 is 19.4 Å². The summed E-state index contributed by atoms with van der Waals surface area (Å²) in [5.41, 5.74) is 2.17. The lowest BCUT2D eigenvalue weighted by Crippen LogP contribution is -2.31. The van der Waals surface area contributed by atoms with Crippen molar-refractivity contribution in [3.8, 4) is 0 Å². The highest BCUT2D eigenvalue weighted by molar-refractivity contribution is 5.97. The summed E-state index contributed by atoms with van der Waals surface area (Å²) in [6, 6.07) is 5.80. The first-order valence-corrected chi connectivity index (χ1v) is 11.2. The van der Waals surface area contributed by atoms with Crippen molar-refractivity contribution in [2.24, 2.45) is 0 Å². The van der Waals surface area contributed by atoms with Crippen molar-refractivity contribution in [3.05, 3.63) is 41.9 Å². The smallest absolute Gasteiger partial charge is 0.270 e. The Labute approximate surface area is 191 Å². The van der Waals surface area contributed by atoms with Crippen LogP contribution < -0.4 is 5.32 Å². The van der Waals surface area contributed by atoms with Crippen molar-refractivity contribution in [2.45, 2.75) is 44.1 Å². The van der Waals surface area contributed by atoms with Crippen LogP contribution in [-0.4, -0.2) is 68.8 Å². The molecule has 10 nitrogen and oxygen atoms in total. The highest BCUT2D eigenvalue weighted by atomic mass is 16.7. The van der Waals surface area contributed by atoms with E-state index in [-0.39, 0.29) is 25.2 Å². The van der Waals surface area contributed by atoms with E-state index in [1.807, 2.05) is 12.1 Å². The van der Waals surface area contributed by atoms with Gasteiger partial charge in [-0.2, -0.15) is 4.98 Å². The van der Waals surface area contributed by atoms with E-state index in [4.69, 9.17) is 14.5 Å². The number of amides is 1. The topological polar surface area (TPSA) is 115 Å². The number of hydrogen-bond donors (Lipinski definition) is 2. The van der Waals surface area contributed by atoms with Gasteiger partial charge in [-0.1, -0.05) is 12.8 Å². The number of pyridine rings is 1. The maximum absolute atomic E-state index is 12.8. The second-order valence-electron chi connectivity index (χ2n) is 8.76. The quantitative estimate of drug-likeness (QED) is 0.607. The molecule has 5 rings (SSSR count). The number of carbonyl (C=O) groups excluding carboxylic acids is 1. The lowest BCUT2D eigenvalue weighted by Gasteiger charge is -2.26. The highest BCUT2D eigenvalue weighted by Crippen LogP contribution is 2.35. The van der Waals surface area contributed by atoms with Crippen LogP contribution in [0.15, 0.2) is 30.6 Å². The third-order valence-electron chi connectivity index (χ3n) is 6.07. The van der Waals surface area contributed by atoms with Crippen LogP contribution in [0.2, 0.25) is 0 Å². The molecule has 3 aromatic rings. The number of carbonyl (C=O) groups is 1. The van der Waals surface area contributed by atoms with Crippen LogP contribution in [0.5, 0.6) is 0 Å². The molecule has 0 atom stereocenters. The number of anilines is 2. The van der Waals surface area contributed by atoms with Gasteiger partial charge < -0.3 is 29.4 Å². The summed E-state index contributed by atoms with van der Waals surface area (Å²) in [4.78, 5) is 28.0. The number of aromatic nitrogens is 4. The SMILES string of the molecule is CN(C)C(=O)c1cc2cnc(Nc3ccc(C4OCC(O)CO4)cn3)nc2n1C1CCCC1. The first-order valence-electron chi connectivity index (χ1n) is 11.2. The molecule has 2 fully saturated rings. The average molecular weight is 453 g/mol. The van der Waals surface area contributed by atoms with Gasteiger partial charge in [-0.05, 0) is 31.0 Å². The van der Waals surface area contributed by atoms with Gasteiger partial charge in [0.05, 0.1) is 13.2 Å². The van der Waals surface area contributed by atoms with Crippen LogP contribution in [0, 0.1) is 0 Å². The molecule has 3 aromatic heterocycles. The minimum absolute atomic E-state index is 0.0358. The van der Waals surface area contributed by atoms with E-state index in [2.05, 4.69) is 19.9 Å². The van der Waals surface area contributed by atoms with Crippen LogP contribution in [0.4, 0.5) is 11.8 Å².